The summed E-state index contributed by atoms with van der Waals surface area (Å²) < 4.78 is 1.83. The number of amides is 1. The summed E-state index contributed by atoms with van der Waals surface area (Å²) in [5, 5.41) is 18.5. The Bertz CT molecular complexity index is 1130. The van der Waals surface area contributed by atoms with Gasteiger partial charge >= 0.3 is 0 Å². The third-order valence-corrected chi connectivity index (χ3v) is 5.04. The van der Waals surface area contributed by atoms with Gasteiger partial charge in [-0.15, -0.1) is 10.2 Å². The molecular weight excluding hydrogens is 340 g/mol. The maximum atomic E-state index is 12.7. The number of carbonyl (C=O) groups excluding carboxylic acids is 1. The molecule has 1 fully saturated rings. The minimum Gasteiger partial charge on any atom is -0.305 e. The van der Waals surface area contributed by atoms with Crippen molar-refractivity contribution in [1.82, 2.24) is 24.8 Å². The number of carbonyl (C=O) groups is 1. The highest BCUT2D eigenvalue weighted by molar-refractivity contribution is 6.03. The van der Waals surface area contributed by atoms with Crippen molar-refractivity contribution in [2.24, 2.45) is 5.92 Å². The second-order valence-electron chi connectivity index (χ2n) is 7.02. The molecule has 7 nitrogen and oxygen atoms in total. The van der Waals surface area contributed by atoms with E-state index in [1.165, 1.54) is 6.42 Å². The molecule has 0 aliphatic heterocycles. The van der Waals surface area contributed by atoms with Gasteiger partial charge in [0.25, 0.3) is 5.91 Å². The zero-order chi connectivity index (χ0) is 18.4. The van der Waals surface area contributed by atoms with Gasteiger partial charge in [0.15, 0.2) is 17.3 Å². The number of H-pyrrole nitrogens is 1. The number of benzene rings is 1. The minimum absolute atomic E-state index is 0.216. The highest BCUT2D eigenvalue weighted by Crippen LogP contribution is 2.46. The van der Waals surface area contributed by atoms with E-state index in [-0.39, 0.29) is 5.91 Å². The molecule has 134 valence electrons. The van der Waals surface area contributed by atoms with Gasteiger partial charge < -0.3 is 5.32 Å². The third-order valence-electron chi connectivity index (χ3n) is 5.04. The van der Waals surface area contributed by atoms with Crippen molar-refractivity contribution in [2.75, 3.05) is 5.32 Å². The van der Waals surface area contributed by atoms with Crippen LogP contribution in [0.4, 0.5) is 5.82 Å². The fourth-order valence-corrected chi connectivity index (χ4v) is 3.34. The van der Waals surface area contributed by atoms with E-state index < -0.39 is 0 Å². The van der Waals surface area contributed by atoms with Gasteiger partial charge in [0.05, 0.1) is 5.56 Å². The van der Waals surface area contributed by atoms with Crippen LogP contribution in [-0.4, -0.2) is 30.7 Å². The van der Waals surface area contributed by atoms with Gasteiger partial charge in [-0.25, -0.2) is 0 Å². The van der Waals surface area contributed by atoms with Crippen molar-refractivity contribution in [3.8, 4) is 11.4 Å². The van der Waals surface area contributed by atoms with Crippen LogP contribution >= 0.6 is 0 Å². The van der Waals surface area contributed by atoms with Gasteiger partial charge in [-0.2, -0.15) is 5.10 Å². The molecule has 2 N–H and O–H groups in total. The Balaban J connectivity index is 1.42. The van der Waals surface area contributed by atoms with Gasteiger partial charge in [-0.05, 0) is 24.5 Å². The normalized spacial score (nSPS) is 18.6. The number of aromatic amines is 1. The van der Waals surface area contributed by atoms with E-state index in [4.69, 9.17) is 0 Å². The summed E-state index contributed by atoms with van der Waals surface area (Å²) in [6.07, 6.45) is 2.92. The van der Waals surface area contributed by atoms with Crippen LogP contribution in [0.5, 0.6) is 0 Å². The highest BCUT2D eigenvalue weighted by atomic mass is 16.1. The molecule has 4 aromatic rings. The summed E-state index contributed by atoms with van der Waals surface area (Å²) in [4.78, 5) is 12.7. The second-order valence-corrected chi connectivity index (χ2v) is 7.02. The van der Waals surface area contributed by atoms with Crippen molar-refractivity contribution < 1.29 is 4.79 Å². The topological polar surface area (TPSA) is 88.0 Å². The first kappa shape index (κ1) is 15.7. The molecule has 1 aromatic carbocycles. The molecule has 27 heavy (non-hydrogen) atoms. The predicted molar refractivity (Wildman–Crippen MR) is 101 cm³/mol. The first-order valence-electron chi connectivity index (χ1n) is 8.96. The van der Waals surface area contributed by atoms with Crippen LogP contribution in [0.25, 0.3) is 17.0 Å². The largest absolute Gasteiger partial charge is 0.305 e. The Morgan fingerprint density at radius 3 is 2.78 bits per heavy atom. The molecule has 0 radical (unpaired) electrons. The van der Waals surface area contributed by atoms with E-state index in [9.17, 15) is 4.79 Å². The predicted octanol–water partition coefficient (Wildman–Crippen LogP) is 3.50. The van der Waals surface area contributed by atoms with E-state index in [0.29, 0.717) is 34.7 Å². The molecule has 0 bridgehead atoms. The van der Waals surface area contributed by atoms with Crippen LogP contribution in [0.15, 0.2) is 54.7 Å². The standard InChI is InChI=1S/C20H18N6O/c1-12-9-15(12)16-10-17(23-22-16)21-20(27)14-7-8-18-24-25-19(26(18)11-14)13-5-3-2-4-6-13/h2-8,10-12,15H,9H2,1H3,(H2,21,22,23,27). The Morgan fingerprint density at radius 1 is 1.19 bits per heavy atom. The Hall–Kier alpha value is -3.48. The number of rotatable bonds is 4. The van der Waals surface area contributed by atoms with Gasteiger partial charge in [0.2, 0.25) is 0 Å². The zero-order valence-corrected chi connectivity index (χ0v) is 14.8. The molecule has 1 aliphatic rings. The molecule has 5 rings (SSSR count). The van der Waals surface area contributed by atoms with E-state index >= 15 is 0 Å². The second kappa shape index (κ2) is 6.05. The maximum Gasteiger partial charge on any atom is 0.258 e. The number of fused-ring (bicyclic) bond motifs is 1. The molecule has 0 saturated heterocycles. The van der Waals surface area contributed by atoms with E-state index in [2.05, 4.69) is 32.6 Å². The van der Waals surface area contributed by atoms with Gasteiger partial charge in [-0.3, -0.25) is 14.3 Å². The lowest BCUT2D eigenvalue weighted by Gasteiger charge is -2.04. The summed E-state index contributed by atoms with van der Waals surface area (Å²) in [6.45, 7) is 2.21. The van der Waals surface area contributed by atoms with Crippen LogP contribution in [0.1, 0.15) is 35.3 Å². The average Bonchev–Trinajstić information content (AvgIpc) is 3.09. The molecule has 3 heterocycles. The van der Waals surface area contributed by atoms with Gasteiger partial charge in [0, 0.05) is 29.4 Å². The summed E-state index contributed by atoms with van der Waals surface area (Å²) in [6, 6.07) is 15.2. The zero-order valence-electron chi connectivity index (χ0n) is 14.8. The molecular formula is C20H18N6O. The summed E-state index contributed by atoms with van der Waals surface area (Å²) in [5.41, 5.74) is 3.23. The smallest absolute Gasteiger partial charge is 0.258 e. The number of anilines is 1. The number of pyridine rings is 1. The van der Waals surface area contributed by atoms with Crippen LogP contribution in [0.3, 0.4) is 0 Å². The Labute approximate surface area is 155 Å². The van der Waals surface area contributed by atoms with Gasteiger partial charge in [0.1, 0.15) is 0 Å². The molecule has 0 spiro atoms. The lowest BCUT2D eigenvalue weighted by atomic mass is 10.2. The molecule has 1 saturated carbocycles. The van der Waals surface area contributed by atoms with E-state index in [1.54, 1.807) is 18.3 Å². The lowest BCUT2D eigenvalue weighted by molar-refractivity contribution is 0.102. The van der Waals surface area contributed by atoms with Crippen molar-refractivity contribution in [2.45, 2.75) is 19.3 Å². The lowest BCUT2D eigenvalue weighted by Crippen LogP contribution is -2.13. The summed E-state index contributed by atoms with van der Waals surface area (Å²) in [5.74, 6) is 2.24. The minimum atomic E-state index is -0.216. The Kier molecular flexibility index (Phi) is 3.53. The molecule has 2 unspecified atom stereocenters. The third kappa shape index (κ3) is 2.87. The molecule has 2 atom stereocenters. The molecule has 1 aliphatic carbocycles. The molecule has 3 aromatic heterocycles. The number of nitrogens with one attached hydrogen (secondary N) is 2. The summed E-state index contributed by atoms with van der Waals surface area (Å²) >= 11 is 0. The highest BCUT2D eigenvalue weighted by Gasteiger charge is 2.35. The van der Waals surface area contributed by atoms with Crippen LogP contribution in [0.2, 0.25) is 0 Å². The number of hydrogen-bond donors (Lipinski definition) is 2. The van der Waals surface area contributed by atoms with Gasteiger partial charge in [-0.1, -0.05) is 37.3 Å². The fourth-order valence-electron chi connectivity index (χ4n) is 3.34. The van der Waals surface area contributed by atoms with E-state index in [0.717, 1.165) is 11.3 Å². The first-order chi connectivity index (χ1) is 13.2. The van der Waals surface area contributed by atoms with Crippen molar-refractivity contribution in [1.29, 1.82) is 0 Å². The monoisotopic (exact) mass is 358 g/mol. The molecule has 7 heteroatoms. The summed E-state index contributed by atoms with van der Waals surface area (Å²) in [7, 11) is 0. The average molecular weight is 358 g/mol. The van der Waals surface area contributed by atoms with E-state index in [1.807, 2.05) is 40.8 Å². The quantitative estimate of drug-likeness (QED) is 0.584. The number of aromatic nitrogens is 5. The SMILES string of the molecule is CC1CC1c1cc(NC(=O)c2ccc3nnc(-c4ccccc4)n3c2)n[nH]1. The number of nitrogens with zero attached hydrogens (tertiary/aromatic N) is 4. The van der Waals surface area contributed by atoms with Crippen LogP contribution in [-0.2, 0) is 0 Å². The molecule has 1 amide bonds. The maximum absolute atomic E-state index is 12.7. The van der Waals surface area contributed by atoms with Crippen molar-refractivity contribution in [3.05, 3.63) is 66.0 Å². The number of hydrogen-bond acceptors (Lipinski definition) is 4. The Morgan fingerprint density at radius 2 is 2.00 bits per heavy atom. The first-order valence-corrected chi connectivity index (χ1v) is 8.96. The van der Waals surface area contributed by atoms with Crippen molar-refractivity contribution >= 4 is 17.4 Å². The van der Waals surface area contributed by atoms with Crippen LogP contribution < -0.4 is 5.32 Å². The fraction of sp³-hybridized carbons (Fsp3) is 0.200. The van der Waals surface area contributed by atoms with Crippen LogP contribution in [0, 0.1) is 5.92 Å². The van der Waals surface area contributed by atoms with Crippen molar-refractivity contribution in [3.63, 3.8) is 0 Å².